The van der Waals surface area contributed by atoms with Gasteiger partial charge in [0, 0.05) is 23.3 Å². The van der Waals surface area contributed by atoms with Crippen molar-refractivity contribution in [2.75, 3.05) is 12.4 Å². The van der Waals surface area contributed by atoms with Crippen LogP contribution in [0.1, 0.15) is 11.1 Å². The highest BCUT2D eigenvalue weighted by Gasteiger charge is 2.02. The van der Waals surface area contributed by atoms with Crippen LogP contribution in [-0.2, 0) is 6.54 Å². The first-order chi connectivity index (χ1) is 8.69. The Labute approximate surface area is 115 Å². The molecule has 94 valence electrons. The van der Waals surface area contributed by atoms with Crippen molar-refractivity contribution < 1.29 is 4.74 Å². The van der Waals surface area contributed by atoms with Gasteiger partial charge in [-0.25, -0.2) is 4.98 Å². The third-order valence-electron chi connectivity index (χ3n) is 2.59. The summed E-state index contributed by atoms with van der Waals surface area (Å²) in [5.74, 6) is 1.12. The fraction of sp³-hybridized carbons (Fsp3) is 0.231. The monoisotopic (exact) mass is 307 g/mol. The summed E-state index contributed by atoms with van der Waals surface area (Å²) in [5.41, 5.74) is 2.43. The van der Waals surface area contributed by atoms with E-state index in [2.05, 4.69) is 50.3 Å². The van der Waals surface area contributed by atoms with E-state index in [1.54, 1.807) is 19.4 Å². The van der Waals surface area contributed by atoms with Crippen LogP contribution in [0.4, 0.5) is 5.95 Å². The third kappa shape index (κ3) is 3.20. The van der Waals surface area contributed by atoms with Gasteiger partial charge in [-0.1, -0.05) is 22.0 Å². The summed E-state index contributed by atoms with van der Waals surface area (Å²) < 4.78 is 6.12. The van der Waals surface area contributed by atoms with Gasteiger partial charge in [0.2, 0.25) is 11.8 Å². The molecule has 4 nitrogen and oxygen atoms in total. The van der Waals surface area contributed by atoms with Gasteiger partial charge in [0.25, 0.3) is 0 Å². The number of ether oxygens (including phenoxy) is 1. The molecule has 2 aromatic rings. The Bertz CT molecular complexity index is 546. The van der Waals surface area contributed by atoms with Crippen molar-refractivity contribution in [1.29, 1.82) is 0 Å². The van der Waals surface area contributed by atoms with Crippen molar-refractivity contribution in [3.63, 3.8) is 0 Å². The molecule has 18 heavy (non-hydrogen) atoms. The summed E-state index contributed by atoms with van der Waals surface area (Å²) in [6.45, 7) is 2.76. The molecular weight excluding hydrogens is 294 g/mol. The number of aromatic nitrogens is 2. The van der Waals surface area contributed by atoms with Crippen LogP contribution in [0.3, 0.4) is 0 Å². The molecule has 0 fully saturated rings. The van der Waals surface area contributed by atoms with E-state index in [4.69, 9.17) is 4.74 Å². The van der Waals surface area contributed by atoms with Gasteiger partial charge in [-0.3, -0.25) is 0 Å². The van der Waals surface area contributed by atoms with Gasteiger partial charge in [-0.05, 0) is 30.2 Å². The largest absolute Gasteiger partial charge is 0.481 e. The molecule has 0 amide bonds. The van der Waals surface area contributed by atoms with Gasteiger partial charge in [0.1, 0.15) is 0 Å². The van der Waals surface area contributed by atoms with Gasteiger partial charge < -0.3 is 10.1 Å². The molecular formula is C13H14BrN3O. The van der Waals surface area contributed by atoms with E-state index >= 15 is 0 Å². The minimum atomic E-state index is 0.554. The zero-order valence-corrected chi connectivity index (χ0v) is 11.9. The predicted octanol–water partition coefficient (Wildman–Crippen LogP) is 3.17. The van der Waals surface area contributed by atoms with E-state index in [-0.39, 0.29) is 0 Å². The Morgan fingerprint density at radius 2 is 2.17 bits per heavy atom. The SMILES string of the molecule is COc1ccnc(NCc2cc(Br)ccc2C)n1. The number of hydrogen-bond acceptors (Lipinski definition) is 4. The first-order valence-corrected chi connectivity index (χ1v) is 6.34. The van der Waals surface area contributed by atoms with Gasteiger partial charge in [0.15, 0.2) is 0 Å². The molecule has 1 N–H and O–H groups in total. The molecule has 0 unspecified atom stereocenters. The molecule has 0 saturated carbocycles. The summed E-state index contributed by atoms with van der Waals surface area (Å²) in [5, 5.41) is 3.18. The molecule has 0 radical (unpaired) electrons. The van der Waals surface area contributed by atoms with Crippen LogP contribution in [-0.4, -0.2) is 17.1 Å². The second-order valence-electron chi connectivity index (χ2n) is 3.85. The maximum Gasteiger partial charge on any atom is 0.226 e. The van der Waals surface area contributed by atoms with Crippen LogP contribution < -0.4 is 10.1 Å². The maximum atomic E-state index is 5.05. The Morgan fingerprint density at radius 1 is 1.33 bits per heavy atom. The number of methoxy groups -OCH3 is 1. The second-order valence-corrected chi connectivity index (χ2v) is 4.76. The molecule has 1 aromatic carbocycles. The maximum absolute atomic E-state index is 5.05. The summed E-state index contributed by atoms with van der Waals surface area (Å²) in [4.78, 5) is 8.34. The number of hydrogen-bond donors (Lipinski definition) is 1. The molecule has 0 spiro atoms. The number of nitrogens with one attached hydrogen (secondary N) is 1. The van der Waals surface area contributed by atoms with E-state index in [0.717, 1.165) is 4.47 Å². The van der Waals surface area contributed by atoms with Crippen molar-refractivity contribution in [3.8, 4) is 5.88 Å². The Hall–Kier alpha value is -1.62. The number of halogens is 1. The van der Waals surface area contributed by atoms with Crippen LogP contribution in [0.15, 0.2) is 34.9 Å². The molecule has 0 saturated heterocycles. The van der Waals surface area contributed by atoms with Crippen molar-refractivity contribution in [2.45, 2.75) is 13.5 Å². The molecule has 0 atom stereocenters. The highest BCUT2D eigenvalue weighted by atomic mass is 79.9. The molecule has 0 aliphatic rings. The van der Waals surface area contributed by atoms with Crippen LogP contribution in [0.2, 0.25) is 0 Å². The number of nitrogens with zero attached hydrogens (tertiary/aromatic N) is 2. The summed E-state index contributed by atoms with van der Waals surface area (Å²) in [6.07, 6.45) is 1.67. The lowest BCUT2D eigenvalue weighted by atomic mass is 10.1. The summed E-state index contributed by atoms with van der Waals surface area (Å²) in [6, 6.07) is 7.91. The molecule has 5 heteroatoms. The van der Waals surface area contributed by atoms with E-state index in [1.807, 2.05) is 6.07 Å². The Morgan fingerprint density at radius 3 is 2.94 bits per heavy atom. The Kier molecular flexibility index (Phi) is 4.15. The number of rotatable bonds is 4. The minimum Gasteiger partial charge on any atom is -0.481 e. The quantitative estimate of drug-likeness (QED) is 0.942. The normalized spacial score (nSPS) is 10.2. The van der Waals surface area contributed by atoms with Crippen molar-refractivity contribution in [1.82, 2.24) is 9.97 Å². The zero-order valence-electron chi connectivity index (χ0n) is 10.3. The first kappa shape index (κ1) is 12.8. The summed E-state index contributed by atoms with van der Waals surface area (Å²) in [7, 11) is 1.59. The van der Waals surface area contributed by atoms with Crippen LogP contribution >= 0.6 is 15.9 Å². The molecule has 2 rings (SSSR count). The van der Waals surface area contributed by atoms with Crippen molar-refractivity contribution in [3.05, 3.63) is 46.1 Å². The minimum absolute atomic E-state index is 0.554. The molecule has 1 heterocycles. The lowest BCUT2D eigenvalue weighted by molar-refractivity contribution is 0.397. The number of anilines is 1. The van der Waals surface area contributed by atoms with Gasteiger partial charge in [-0.2, -0.15) is 4.98 Å². The van der Waals surface area contributed by atoms with Gasteiger partial charge in [0.05, 0.1) is 7.11 Å². The molecule has 0 aliphatic carbocycles. The lowest BCUT2D eigenvalue weighted by Crippen LogP contribution is -2.05. The average molecular weight is 308 g/mol. The van der Waals surface area contributed by atoms with E-state index in [1.165, 1.54) is 11.1 Å². The fourth-order valence-electron chi connectivity index (χ4n) is 1.55. The number of benzene rings is 1. The smallest absolute Gasteiger partial charge is 0.226 e. The number of aryl methyl sites for hydroxylation is 1. The Balaban J connectivity index is 2.08. The van der Waals surface area contributed by atoms with E-state index in [9.17, 15) is 0 Å². The fourth-order valence-corrected chi connectivity index (χ4v) is 1.95. The average Bonchev–Trinajstić information content (AvgIpc) is 2.40. The first-order valence-electron chi connectivity index (χ1n) is 5.55. The van der Waals surface area contributed by atoms with Crippen LogP contribution in [0.25, 0.3) is 0 Å². The van der Waals surface area contributed by atoms with Crippen LogP contribution in [0.5, 0.6) is 5.88 Å². The van der Waals surface area contributed by atoms with Crippen molar-refractivity contribution >= 4 is 21.9 Å². The summed E-state index contributed by atoms with van der Waals surface area (Å²) >= 11 is 3.47. The van der Waals surface area contributed by atoms with Crippen molar-refractivity contribution in [2.24, 2.45) is 0 Å². The lowest BCUT2D eigenvalue weighted by Gasteiger charge is -2.08. The standard InChI is InChI=1S/C13H14BrN3O/c1-9-3-4-11(14)7-10(9)8-16-13-15-6-5-12(17-13)18-2/h3-7H,8H2,1-2H3,(H,15,16,17). The predicted molar refractivity (Wildman–Crippen MR) is 74.8 cm³/mol. The molecule has 0 aliphatic heterocycles. The molecule has 0 bridgehead atoms. The van der Waals surface area contributed by atoms with Crippen LogP contribution in [0, 0.1) is 6.92 Å². The second kappa shape index (κ2) is 5.82. The highest BCUT2D eigenvalue weighted by molar-refractivity contribution is 9.10. The van der Waals surface area contributed by atoms with E-state index in [0.29, 0.717) is 18.4 Å². The zero-order chi connectivity index (χ0) is 13.0. The van der Waals surface area contributed by atoms with Gasteiger partial charge in [-0.15, -0.1) is 0 Å². The van der Waals surface area contributed by atoms with E-state index < -0.39 is 0 Å². The van der Waals surface area contributed by atoms with Gasteiger partial charge >= 0.3 is 0 Å². The topological polar surface area (TPSA) is 47.0 Å². The highest BCUT2D eigenvalue weighted by Crippen LogP contribution is 2.17. The third-order valence-corrected chi connectivity index (χ3v) is 3.08. The molecule has 1 aromatic heterocycles.